The van der Waals surface area contributed by atoms with Gasteiger partial charge in [-0.25, -0.2) is 23.9 Å². The predicted octanol–water partition coefficient (Wildman–Crippen LogP) is 6.08. The first-order valence-electron chi connectivity index (χ1n) is 11.6. The van der Waals surface area contributed by atoms with Crippen LogP contribution < -0.4 is 11.1 Å². The van der Waals surface area contributed by atoms with Crippen LogP contribution in [-0.4, -0.2) is 45.8 Å². The Balaban J connectivity index is 1.88. The predicted molar refractivity (Wildman–Crippen MR) is 142 cm³/mol. The minimum Gasteiger partial charge on any atom is -0.375 e. The summed E-state index contributed by atoms with van der Waals surface area (Å²) in [7, 11) is -3.68. The highest BCUT2D eigenvalue weighted by Crippen LogP contribution is 2.49. The highest BCUT2D eigenvalue weighted by molar-refractivity contribution is 7.99. The molecule has 0 saturated carbocycles. The summed E-state index contributed by atoms with van der Waals surface area (Å²) in [6, 6.07) is 2.65. The van der Waals surface area contributed by atoms with Crippen molar-refractivity contribution in [3.8, 4) is 0 Å². The van der Waals surface area contributed by atoms with Gasteiger partial charge in [-0.3, -0.25) is 18.6 Å². The van der Waals surface area contributed by atoms with Crippen LogP contribution in [0.2, 0.25) is 0 Å². The van der Waals surface area contributed by atoms with E-state index in [9.17, 15) is 8.96 Å². The van der Waals surface area contributed by atoms with Crippen LogP contribution in [0.3, 0.4) is 0 Å². The van der Waals surface area contributed by atoms with Crippen molar-refractivity contribution in [2.45, 2.75) is 57.5 Å². The zero-order valence-corrected chi connectivity index (χ0v) is 23.5. The number of aromatic nitrogens is 4. The van der Waals surface area contributed by atoms with E-state index in [1.807, 2.05) is 6.92 Å². The maximum absolute atomic E-state index is 14.2. The summed E-state index contributed by atoms with van der Waals surface area (Å²) in [6.07, 6.45) is 2.24. The number of thioether (sulfide) groups is 1. The van der Waals surface area contributed by atoms with Crippen molar-refractivity contribution in [3.05, 3.63) is 29.8 Å². The first kappa shape index (κ1) is 28.7. The van der Waals surface area contributed by atoms with Gasteiger partial charge in [0, 0.05) is 6.20 Å². The number of phosphoric ester groups is 1. The summed E-state index contributed by atoms with van der Waals surface area (Å²) < 4.78 is 43.9. The molecule has 0 aliphatic rings. The molecule has 36 heavy (non-hydrogen) atoms. The lowest BCUT2D eigenvalue weighted by atomic mass is 10.0. The van der Waals surface area contributed by atoms with Crippen LogP contribution in [0.4, 0.5) is 15.3 Å². The van der Waals surface area contributed by atoms with E-state index in [1.165, 1.54) is 29.2 Å². The summed E-state index contributed by atoms with van der Waals surface area (Å²) in [4.78, 5) is 17.7. The molecule has 2 atom stereocenters. The van der Waals surface area contributed by atoms with Crippen molar-refractivity contribution in [1.82, 2.24) is 19.9 Å². The lowest BCUT2D eigenvalue weighted by Gasteiger charge is -2.24. The maximum atomic E-state index is 14.2. The standard InChI is InChI=1S/C22H32FN6O4PS2/c1-6-31-34(30,32-7-2)33-12-15(11-13(3)4)26-19-18-20(27-21(24)36-18)29-22(28-19)35-14(5)17-16(23)9-8-10-25-17/h8-10,13-15H,6-7,11-12H2,1-5H3,(H3,24,26,27,28,29). The number of hydrogen-bond acceptors (Lipinski definition) is 12. The van der Waals surface area contributed by atoms with Gasteiger partial charge in [0.25, 0.3) is 0 Å². The molecule has 0 spiro atoms. The van der Waals surface area contributed by atoms with E-state index in [2.05, 4.69) is 34.1 Å². The molecule has 0 amide bonds. The zero-order valence-electron chi connectivity index (χ0n) is 20.9. The smallest absolute Gasteiger partial charge is 0.375 e. The molecule has 198 valence electrons. The Morgan fingerprint density at radius 2 is 1.89 bits per heavy atom. The Morgan fingerprint density at radius 3 is 2.53 bits per heavy atom. The van der Waals surface area contributed by atoms with E-state index in [0.29, 0.717) is 44.5 Å². The van der Waals surface area contributed by atoms with Crippen LogP contribution in [0.1, 0.15) is 52.0 Å². The van der Waals surface area contributed by atoms with Crippen LogP contribution in [0.25, 0.3) is 10.3 Å². The lowest BCUT2D eigenvalue weighted by molar-refractivity contribution is 0.116. The molecule has 3 heterocycles. The minimum absolute atomic E-state index is 0.0628. The fraction of sp³-hybridized carbons (Fsp3) is 0.545. The molecule has 3 N–H and O–H groups in total. The quantitative estimate of drug-likeness (QED) is 0.135. The third kappa shape index (κ3) is 7.80. The van der Waals surface area contributed by atoms with Gasteiger partial charge in [-0.15, -0.1) is 0 Å². The molecule has 0 radical (unpaired) electrons. The third-order valence-electron chi connectivity index (χ3n) is 4.81. The fourth-order valence-corrected chi connectivity index (χ4v) is 6.25. The largest absolute Gasteiger partial charge is 0.474 e. The molecule has 0 aliphatic heterocycles. The average Bonchev–Trinajstić information content (AvgIpc) is 3.18. The molecule has 3 rings (SSSR count). The Bertz CT molecular complexity index is 1190. The van der Waals surface area contributed by atoms with Crippen molar-refractivity contribution < 1.29 is 22.5 Å². The van der Waals surface area contributed by atoms with E-state index in [4.69, 9.17) is 24.3 Å². The van der Waals surface area contributed by atoms with E-state index >= 15 is 0 Å². The Kier molecular flexibility index (Phi) is 10.4. The number of hydrogen-bond donors (Lipinski definition) is 2. The SMILES string of the molecule is CCOP(=O)(OCC)OCC(CC(C)C)Nc1nc(SC(C)c2ncccc2F)nc2nc(N)sc12. The van der Waals surface area contributed by atoms with Gasteiger partial charge in [0.2, 0.25) is 0 Å². The molecule has 0 aromatic carbocycles. The third-order valence-corrected chi connectivity index (χ3v) is 8.27. The number of nitrogens with two attached hydrogens (primary N) is 1. The van der Waals surface area contributed by atoms with Crippen LogP contribution in [0, 0.1) is 11.7 Å². The lowest BCUT2D eigenvalue weighted by Crippen LogP contribution is -2.28. The van der Waals surface area contributed by atoms with E-state index in [0.717, 1.165) is 0 Å². The topological polar surface area (TPSA) is 134 Å². The van der Waals surface area contributed by atoms with Gasteiger partial charge in [-0.1, -0.05) is 36.9 Å². The molecule has 3 aromatic heterocycles. The van der Waals surface area contributed by atoms with Gasteiger partial charge >= 0.3 is 7.82 Å². The summed E-state index contributed by atoms with van der Waals surface area (Å²) >= 11 is 2.52. The molecule has 0 aliphatic carbocycles. The summed E-state index contributed by atoms with van der Waals surface area (Å²) in [5.74, 6) is 0.425. The minimum atomic E-state index is -3.68. The number of pyridine rings is 1. The summed E-state index contributed by atoms with van der Waals surface area (Å²) in [5, 5.41) is 3.79. The van der Waals surface area contributed by atoms with E-state index < -0.39 is 13.6 Å². The highest BCUT2D eigenvalue weighted by atomic mass is 32.2. The Morgan fingerprint density at radius 1 is 1.17 bits per heavy atom. The molecule has 3 aromatic rings. The van der Waals surface area contributed by atoms with Gasteiger partial charge in [0.1, 0.15) is 10.5 Å². The van der Waals surface area contributed by atoms with Crippen LogP contribution >= 0.6 is 30.9 Å². The molecule has 0 bridgehead atoms. The summed E-state index contributed by atoms with van der Waals surface area (Å²) in [5.41, 5.74) is 6.71. The number of anilines is 2. The fourth-order valence-electron chi connectivity index (χ4n) is 3.42. The Hall–Kier alpha value is -1.89. The second kappa shape index (κ2) is 13.1. The molecular formula is C22H32FN6O4PS2. The van der Waals surface area contributed by atoms with Gasteiger partial charge in [0.05, 0.1) is 36.8 Å². The number of nitrogens with zero attached hydrogens (tertiary/aromatic N) is 4. The normalized spacial score (nSPS) is 13.9. The number of thiazole rings is 1. The Labute approximate surface area is 218 Å². The van der Waals surface area contributed by atoms with Gasteiger partial charge < -0.3 is 11.1 Å². The number of halogens is 1. The van der Waals surface area contributed by atoms with Crippen LogP contribution in [0.15, 0.2) is 23.5 Å². The van der Waals surface area contributed by atoms with E-state index in [1.54, 1.807) is 26.1 Å². The van der Waals surface area contributed by atoms with Crippen molar-refractivity contribution >= 4 is 52.2 Å². The monoisotopic (exact) mass is 558 g/mol. The second-order valence-corrected chi connectivity index (χ2v) is 12.2. The van der Waals surface area contributed by atoms with Gasteiger partial charge in [0.15, 0.2) is 21.8 Å². The number of nitrogens with one attached hydrogen (secondary N) is 1. The van der Waals surface area contributed by atoms with Crippen molar-refractivity contribution in [3.63, 3.8) is 0 Å². The molecule has 0 saturated heterocycles. The van der Waals surface area contributed by atoms with Crippen molar-refractivity contribution in [1.29, 1.82) is 0 Å². The number of nitrogen functional groups attached to an aromatic ring is 1. The van der Waals surface area contributed by atoms with Crippen LogP contribution in [-0.2, 0) is 18.1 Å². The molecule has 14 heteroatoms. The number of fused-ring (bicyclic) bond motifs is 1. The highest BCUT2D eigenvalue weighted by Gasteiger charge is 2.28. The maximum Gasteiger partial charge on any atom is 0.474 e. The first-order valence-corrected chi connectivity index (χ1v) is 14.8. The number of phosphoric acid groups is 1. The second-order valence-electron chi connectivity index (χ2n) is 8.24. The van der Waals surface area contributed by atoms with Crippen LogP contribution in [0.5, 0.6) is 0 Å². The zero-order chi connectivity index (χ0) is 26.3. The molecule has 0 fully saturated rings. The molecule has 10 nitrogen and oxygen atoms in total. The van der Waals surface area contributed by atoms with Crippen molar-refractivity contribution in [2.24, 2.45) is 5.92 Å². The average molecular weight is 559 g/mol. The number of rotatable bonds is 14. The van der Waals surface area contributed by atoms with Gasteiger partial charge in [-0.05, 0) is 45.2 Å². The molecule has 2 unspecified atom stereocenters. The first-order chi connectivity index (χ1) is 17.1. The van der Waals surface area contributed by atoms with Gasteiger partial charge in [-0.2, -0.15) is 0 Å². The van der Waals surface area contributed by atoms with Crippen molar-refractivity contribution in [2.75, 3.05) is 30.9 Å². The van der Waals surface area contributed by atoms with E-state index in [-0.39, 0.29) is 31.1 Å². The molecular weight excluding hydrogens is 526 g/mol. The summed E-state index contributed by atoms with van der Waals surface area (Å²) in [6.45, 7) is 9.88.